The van der Waals surface area contributed by atoms with Crippen LogP contribution in [0.25, 0.3) is 0 Å². The number of nitrogens with zero attached hydrogens (tertiary/aromatic N) is 2. The van der Waals surface area contributed by atoms with Gasteiger partial charge in [0.1, 0.15) is 5.69 Å². The van der Waals surface area contributed by atoms with Gasteiger partial charge in [-0.3, -0.25) is 0 Å². The Labute approximate surface area is 90.3 Å². The quantitative estimate of drug-likeness (QED) is 0.805. The summed E-state index contributed by atoms with van der Waals surface area (Å²) in [6, 6.07) is 1.83. The molecule has 1 aromatic heterocycles. The summed E-state index contributed by atoms with van der Waals surface area (Å²) in [5.74, 6) is -0.112. The van der Waals surface area contributed by atoms with Gasteiger partial charge in [-0.1, -0.05) is 11.6 Å². The van der Waals surface area contributed by atoms with Gasteiger partial charge in [-0.15, -0.1) is 0 Å². The van der Waals surface area contributed by atoms with Crippen LogP contribution in [-0.2, 0) is 6.42 Å². The van der Waals surface area contributed by atoms with Gasteiger partial charge >= 0.3 is 0 Å². The van der Waals surface area contributed by atoms with Crippen molar-refractivity contribution in [1.29, 1.82) is 5.26 Å². The van der Waals surface area contributed by atoms with Crippen LogP contribution in [0.4, 0.5) is 8.78 Å². The lowest BCUT2D eigenvalue weighted by molar-refractivity contribution is 0.141. The van der Waals surface area contributed by atoms with Crippen molar-refractivity contribution in [3.05, 3.63) is 22.5 Å². The first-order valence-corrected chi connectivity index (χ1v) is 4.36. The van der Waals surface area contributed by atoms with Crippen LogP contribution in [0, 0.1) is 11.3 Å². The number of aromatic nitrogens is 1. The van der Waals surface area contributed by atoms with Crippen LogP contribution >= 0.6 is 11.6 Å². The third-order valence-corrected chi connectivity index (χ3v) is 2.10. The average Bonchev–Trinajstić information content (AvgIpc) is 2.20. The first-order valence-electron chi connectivity index (χ1n) is 3.98. The molecule has 0 aliphatic carbocycles. The van der Waals surface area contributed by atoms with Crippen LogP contribution < -0.4 is 4.74 Å². The van der Waals surface area contributed by atoms with Crippen molar-refractivity contribution in [3.8, 4) is 11.8 Å². The van der Waals surface area contributed by atoms with Crippen molar-refractivity contribution in [2.75, 3.05) is 7.11 Å². The van der Waals surface area contributed by atoms with Crippen LogP contribution in [0.15, 0.2) is 6.20 Å². The standard InChI is InChI=1S/C9H7ClF2N2O/c1-15-8-5(2-3-13)6(10)4-14-7(8)9(11)12/h4,9H,2H2,1H3. The molecule has 0 bridgehead atoms. The highest BCUT2D eigenvalue weighted by atomic mass is 35.5. The van der Waals surface area contributed by atoms with Crippen molar-refractivity contribution in [2.24, 2.45) is 0 Å². The fourth-order valence-corrected chi connectivity index (χ4v) is 1.35. The minimum atomic E-state index is -2.75. The summed E-state index contributed by atoms with van der Waals surface area (Å²) in [4.78, 5) is 3.48. The zero-order valence-electron chi connectivity index (χ0n) is 7.80. The van der Waals surface area contributed by atoms with E-state index >= 15 is 0 Å². The fraction of sp³-hybridized carbons (Fsp3) is 0.333. The van der Waals surface area contributed by atoms with Gasteiger partial charge in [0, 0.05) is 11.8 Å². The molecule has 1 heterocycles. The summed E-state index contributed by atoms with van der Waals surface area (Å²) in [7, 11) is 1.24. The summed E-state index contributed by atoms with van der Waals surface area (Å²) < 4.78 is 29.8. The highest BCUT2D eigenvalue weighted by molar-refractivity contribution is 6.31. The maximum atomic E-state index is 12.5. The van der Waals surface area contributed by atoms with E-state index in [1.54, 1.807) is 0 Å². The third-order valence-electron chi connectivity index (χ3n) is 1.78. The second-order valence-electron chi connectivity index (χ2n) is 2.64. The van der Waals surface area contributed by atoms with Gasteiger partial charge in [-0.05, 0) is 0 Å². The van der Waals surface area contributed by atoms with Crippen molar-refractivity contribution in [2.45, 2.75) is 12.8 Å². The van der Waals surface area contributed by atoms with Crippen LogP contribution in [0.3, 0.4) is 0 Å². The van der Waals surface area contributed by atoms with E-state index in [0.29, 0.717) is 0 Å². The molecule has 0 amide bonds. The molecule has 0 spiro atoms. The molecule has 1 aromatic rings. The maximum absolute atomic E-state index is 12.5. The van der Waals surface area contributed by atoms with Gasteiger partial charge in [0.15, 0.2) is 5.75 Å². The van der Waals surface area contributed by atoms with Gasteiger partial charge in [0.2, 0.25) is 0 Å². The summed E-state index contributed by atoms with van der Waals surface area (Å²) in [6.07, 6.45) is -1.75. The summed E-state index contributed by atoms with van der Waals surface area (Å²) >= 11 is 5.73. The Morgan fingerprint density at radius 1 is 1.67 bits per heavy atom. The van der Waals surface area contributed by atoms with Gasteiger partial charge in [-0.2, -0.15) is 5.26 Å². The molecule has 15 heavy (non-hydrogen) atoms. The van der Waals surface area contributed by atoms with E-state index in [2.05, 4.69) is 4.98 Å². The highest BCUT2D eigenvalue weighted by Crippen LogP contribution is 2.34. The molecule has 0 saturated heterocycles. The van der Waals surface area contributed by atoms with E-state index in [1.807, 2.05) is 6.07 Å². The predicted octanol–water partition coefficient (Wildman–Crippen LogP) is 2.75. The zero-order valence-corrected chi connectivity index (χ0v) is 8.55. The van der Waals surface area contributed by atoms with E-state index in [-0.39, 0.29) is 22.8 Å². The molecule has 0 atom stereocenters. The number of hydrogen-bond donors (Lipinski definition) is 0. The first kappa shape index (κ1) is 11.7. The van der Waals surface area contributed by atoms with Gasteiger partial charge < -0.3 is 4.74 Å². The fourth-order valence-electron chi connectivity index (χ4n) is 1.15. The number of ether oxygens (including phenoxy) is 1. The Hall–Kier alpha value is -1.41. The van der Waals surface area contributed by atoms with Crippen LogP contribution in [-0.4, -0.2) is 12.1 Å². The molecule has 6 heteroatoms. The second-order valence-corrected chi connectivity index (χ2v) is 3.05. The summed E-state index contributed by atoms with van der Waals surface area (Å²) in [6.45, 7) is 0. The normalized spacial score (nSPS) is 10.1. The van der Waals surface area contributed by atoms with Gasteiger partial charge in [-0.25, -0.2) is 13.8 Å². The van der Waals surface area contributed by atoms with Gasteiger partial charge in [0.05, 0.1) is 24.6 Å². The molecule has 0 fully saturated rings. The number of alkyl halides is 2. The SMILES string of the molecule is COc1c(C(F)F)ncc(Cl)c1CC#N. The molecule has 1 rings (SSSR count). The lowest BCUT2D eigenvalue weighted by atomic mass is 10.1. The van der Waals surface area contributed by atoms with Crippen molar-refractivity contribution in [3.63, 3.8) is 0 Å². The van der Waals surface area contributed by atoms with Crippen molar-refractivity contribution >= 4 is 11.6 Å². The largest absolute Gasteiger partial charge is 0.494 e. The van der Waals surface area contributed by atoms with E-state index in [9.17, 15) is 8.78 Å². The molecule has 0 aliphatic rings. The molecule has 0 N–H and O–H groups in total. The Balaban J connectivity index is 3.34. The highest BCUT2D eigenvalue weighted by Gasteiger charge is 2.20. The Morgan fingerprint density at radius 3 is 2.80 bits per heavy atom. The third kappa shape index (κ3) is 2.34. The number of methoxy groups -OCH3 is 1. The number of hydrogen-bond acceptors (Lipinski definition) is 3. The summed E-state index contributed by atoms with van der Waals surface area (Å²) in [5.41, 5.74) is -0.251. The molecular weight excluding hydrogens is 226 g/mol. The van der Waals surface area contributed by atoms with E-state index in [0.717, 1.165) is 6.20 Å². The monoisotopic (exact) mass is 232 g/mol. The topological polar surface area (TPSA) is 45.9 Å². The van der Waals surface area contributed by atoms with Crippen molar-refractivity contribution < 1.29 is 13.5 Å². The molecule has 80 valence electrons. The molecule has 0 radical (unpaired) electrons. The molecule has 3 nitrogen and oxygen atoms in total. The smallest absolute Gasteiger partial charge is 0.284 e. The molecule has 0 aromatic carbocycles. The minimum Gasteiger partial charge on any atom is -0.494 e. The Kier molecular flexibility index (Phi) is 3.81. The molecule has 0 unspecified atom stereocenters. The van der Waals surface area contributed by atoms with Crippen molar-refractivity contribution in [1.82, 2.24) is 4.98 Å². The number of rotatable bonds is 3. The average molecular weight is 233 g/mol. The second kappa shape index (κ2) is 4.89. The maximum Gasteiger partial charge on any atom is 0.284 e. The lowest BCUT2D eigenvalue weighted by Crippen LogP contribution is -2.01. The Morgan fingerprint density at radius 2 is 2.33 bits per heavy atom. The van der Waals surface area contributed by atoms with E-state index < -0.39 is 12.1 Å². The minimum absolute atomic E-state index is 0.0930. The number of halogens is 3. The van der Waals surface area contributed by atoms with Crippen LogP contribution in [0.2, 0.25) is 5.02 Å². The Bertz CT molecular complexity index is 404. The molecule has 0 aliphatic heterocycles. The summed E-state index contributed by atoms with van der Waals surface area (Å²) in [5, 5.41) is 8.67. The number of pyridine rings is 1. The number of nitriles is 1. The van der Waals surface area contributed by atoms with Crippen LogP contribution in [0.1, 0.15) is 17.7 Å². The molecular formula is C9H7ClF2N2O. The van der Waals surface area contributed by atoms with E-state index in [1.165, 1.54) is 7.11 Å². The first-order chi connectivity index (χ1) is 7.11. The van der Waals surface area contributed by atoms with E-state index in [4.69, 9.17) is 21.6 Å². The van der Waals surface area contributed by atoms with Gasteiger partial charge in [0.25, 0.3) is 6.43 Å². The molecule has 0 saturated carbocycles. The predicted molar refractivity (Wildman–Crippen MR) is 50.1 cm³/mol. The zero-order chi connectivity index (χ0) is 11.4. The lowest BCUT2D eigenvalue weighted by Gasteiger charge is -2.11. The van der Waals surface area contributed by atoms with Crippen LogP contribution in [0.5, 0.6) is 5.75 Å².